The summed E-state index contributed by atoms with van der Waals surface area (Å²) in [5, 5.41) is 17.4. The van der Waals surface area contributed by atoms with Gasteiger partial charge in [0, 0.05) is 6.07 Å². The highest BCUT2D eigenvalue weighted by Gasteiger charge is 2.27. The van der Waals surface area contributed by atoms with Crippen LogP contribution < -0.4 is 5.32 Å². The number of anilines is 1. The molecule has 0 saturated carbocycles. The monoisotopic (exact) mass is 178 g/mol. The van der Waals surface area contributed by atoms with E-state index in [1.165, 1.54) is 6.20 Å². The van der Waals surface area contributed by atoms with Gasteiger partial charge in [-0.3, -0.25) is 9.89 Å². The van der Waals surface area contributed by atoms with Gasteiger partial charge in [-0.25, -0.2) is 0 Å². The van der Waals surface area contributed by atoms with Crippen LogP contribution in [-0.4, -0.2) is 16.1 Å². The molecule has 1 rings (SSSR count). The summed E-state index contributed by atoms with van der Waals surface area (Å²) < 4.78 is 0. The van der Waals surface area contributed by atoms with Crippen LogP contribution in [0.1, 0.15) is 13.8 Å². The minimum absolute atomic E-state index is 0.348. The van der Waals surface area contributed by atoms with Crippen molar-refractivity contribution in [1.82, 2.24) is 10.2 Å². The van der Waals surface area contributed by atoms with E-state index in [4.69, 9.17) is 5.26 Å². The third kappa shape index (κ3) is 2.06. The molecule has 0 aliphatic heterocycles. The van der Waals surface area contributed by atoms with E-state index >= 15 is 0 Å². The molecule has 68 valence electrons. The van der Waals surface area contributed by atoms with Gasteiger partial charge in [0.05, 0.1) is 12.3 Å². The Hall–Kier alpha value is -1.83. The van der Waals surface area contributed by atoms with Crippen molar-refractivity contribution in [3.05, 3.63) is 12.3 Å². The van der Waals surface area contributed by atoms with E-state index in [1.54, 1.807) is 19.9 Å². The number of carbonyl (C=O) groups excluding carboxylic acids is 1. The molecular weight excluding hydrogens is 168 g/mol. The van der Waals surface area contributed by atoms with E-state index in [0.29, 0.717) is 5.82 Å². The standard InChI is InChI=1S/C8H10N4O/c1-8(2,5-9)7(13)11-6-3-4-10-12-6/h3-4H,1-2H3,(H2,10,11,12,13). The van der Waals surface area contributed by atoms with Gasteiger partial charge in [0.15, 0.2) is 0 Å². The highest BCUT2D eigenvalue weighted by atomic mass is 16.2. The number of nitriles is 1. The number of aromatic nitrogens is 2. The van der Waals surface area contributed by atoms with E-state index in [1.807, 2.05) is 6.07 Å². The molecule has 1 aromatic rings. The van der Waals surface area contributed by atoms with E-state index in [-0.39, 0.29) is 5.91 Å². The summed E-state index contributed by atoms with van der Waals surface area (Å²) in [5.41, 5.74) is -1.02. The Bertz CT molecular complexity index is 334. The minimum Gasteiger partial charge on any atom is -0.310 e. The third-order valence-corrected chi connectivity index (χ3v) is 1.60. The van der Waals surface area contributed by atoms with Crippen molar-refractivity contribution in [2.24, 2.45) is 5.41 Å². The van der Waals surface area contributed by atoms with Gasteiger partial charge in [0.25, 0.3) is 0 Å². The van der Waals surface area contributed by atoms with Gasteiger partial charge >= 0.3 is 0 Å². The zero-order valence-corrected chi connectivity index (χ0v) is 7.46. The second kappa shape index (κ2) is 3.27. The van der Waals surface area contributed by atoms with Crippen LogP contribution in [0.4, 0.5) is 5.82 Å². The largest absolute Gasteiger partial charge is 0.310 e. The number of amides is 1. The lowest BCUT2D eigenvalue weighted by atomic mass is 9.95. The predicted molar refractivity (Wildman–Crippen MR) is 46.6 cm³/mol. The van der Waals surface area contributed by atoms with Gasteiger partial charge in [-0.1, -0.05) is 0 Å². The zero-order chi connectivity index (χ0) is 9.90. The molecule has 1 amide bonds. The molecular formula is C8H10N4O. The molecule has 0 atom stereocenters. The van der Waals surface area contributed by atoms with Crippen molar-refractivity contribution in [3.63, 3.8) is 0 Å². The topological polar surface area (TPSA) is 81.6 Å². The summed E-state index contributed by atoms with van der Waals surface area (Å²) in [6.07, 6.45) is 1.52. The summed E-state index contributed by atoms with van der Waals surface area (Å²) in [7, 11) is 0. The Morgan fingerprint density at radius 3 is 2.92 bits per heavy atom. The fraction of sp³-hybridized carbons (Fsp3) is 0.375. The van der Waals surface area contributed by atoms with Gasteiger partial charge in [-0.05, 0) is 13.8 Å². The van der Waals surface area contributed by atoms with Crippen molar-refractivity contribution in [2.45, 2.75) is 13.8 Å². The van der Waals surface area contributed by atoms with Gasteiger partial charge in [0.1, 0.15) is 11.2 Å². The van der Waals surface area contributed by atoms with Crippen molar-refractivity contribution in [1.29, 1.82) is 5.26 Å². The molecule has 0 spiro atoms. The van der Waals surface area contributed by atoms with E-state index in [2.05, 4.69) is 15.5 Å². The van der Waals surface area contributed by atoms with Gasteiger partial charge in [-0.2, -0.15) is 10.4 Å². The summed E-state index contributed by atoms with van der Waals surface area (Å²) in [6.45, 7) is 3.11. The van der Waals surface area contributed by atoms with Crippen LogP contribution in [0.2, 0.25) is 0 Å². The summed E-state index contributed by atoms with van der Waals surface area (Å²) in [6, 6.07) is 3.52. The highest BCUT2D eigenvalue weighted by Crippen LogP contribution is 2.15. The second-order valence-electron chi connectivity index (χ2n) is 3.16. The molecule has 5 nitrogen and oxygen atoms in total. The first-order valence-electron chi connectivity index (χ1n) is 3.78. The molecule has 0 saturated heterocycles. The maximum Gasteiger partial charge on any atom is 0.245 e. The summed E-state index contributed by atoms with van der Waals surface area (Å²) in [4.78, 5) is 11.4. The second-order valence-corrected chi connectivity index (χ2v) is 3.16. The minimum atomic E-state index is -1.02. The molecule has 0 aliphatic rings. The first kappa shape index (κ1) is 9.26. The van der Waals surface area contributed by atoms with Gasteiger partial charge in [0.2, 0.25) is 5.91 Å². The predicted octanol–water partition coefficient (Wildman–Crippen LogP) is 0.898. The molecule has 0 bridgehead atoms. The zero-order valence-electron chi connectivity index (χ0n) is 7.46. The van der Waals surface area contributed by atoms with Crippen LogP contribution in [0, 0.1) is 16.7 Å². The van der Waals surface area contributed by atoms with Crippen LogP contribution in [-0.2, 0) is 4.79 Å². The van der Waals surface area contributed by atoms with Gasteiger partial charge in [-0.15, -0.1) is 0 Å². The average Bonchev–Trinajstić information content (AvgIpc) is 2.57. The van der Waals surface area contributed by atoms with Crippen LogP contribution >= 0.6 is 0 Å². The molecule has 13 heavy (non-hydrogen) atoms. The number of rotatable bonds is 2. The number of H-pyrrole nitrogens is 1. The Labute approximate surface area is 75.8 Å². The maximum absolute atomic E-state index is 11.4. The molecule has 5 heteroatoms. The first-order chi connectivity index (χ1) is 6.06. The number of hydrogen-bond donors (Lipinski definition) is 2. The van der Waals surface area contributed by atoms with Gasteiger partial charge < -0.3 is 5.32 Å². The van der Waals surface area contributed by atoms with E-state index < -0.39 is 5.41 Å². The lowest BCUT2D eigenvalue weighted by Crippen LogP contribution is -2.29. The summed E-state index contributed by atoms with van der Waals surface area (Å²) >= 11 is 0. The number of carbonyl (C=O) groups is 1. The molecule has 0 radical (unpaired) electrons. The highest BCUT2D eigenvalue weighted by molar-refractivity contribution is 5.95. The number of hydrogen-bond acceptors (Lipinski definition) is 3. The van der Waals surface area contributed by atoms with Crippen molar-refractivity contribution in [3.8, 4) is 6.07 Å². The SMILES string of the molecule is CC(C)(C#N)C(=O)Nc1ccn[nH]1. The molecule has 0 aliphatic carbocycles. The number of nitrogens with zero attached hydrogens (tertiary/aromatic N) is 2. The van der Waals surface area contributed by atoms with Crippen molar-refractivity contribution in [2.75, 3.05) is 5.32 Å². The number of nitrogens with one attached hydrogen (secondary N) is 2. The average molecular weight is 178 g/mol. The fourth-order valence-corrected chi connectivity index (χ4v) is 0.655. The van der Waals surface area contributed by atoms with Crippen LogP contribution in [0.3, 0.4) is 0 Å². The molecule has 1 aromatic heterocycles. The fourth-order valence-electron chi connectivity index (χ4n) is 0.655. The molecule has 0 aromatic carbocycles. The Kier molecular flexibility index (Phi) is 2.33. The maximum atomic E-state index is 11.4. The smallest absolute Gasteiger partial charge is 0.245 e. The normalized spacial score (nSPS) is 10.5. The first-order valence-corrected chi connectivity index (χ1v) is 3.78. The summed E-state index contributed by atoms with van der Waals surface area (Å²) in [5.74, 6) is 0.146. The van der Waals surface area contributed by atoms with Crippen LogP contribution in [0.25, 0.3) is 0 Å². The number of aromatic amines is 1. The van der Waals surface area contributed by atoms with Crippen LogP contribution in [0.15, 0.2) is 12.3 Å². The Morgan fingerprint density at radius 2 is 2.46 bits per heavy atom. The Balaban J connectivity index is 2.68. The molecule has 1 heterocycles. The Morgan fingerprint density at radius 1 is 1.77 bits per heavy atom. The quantitative estimate of drug-likeness (QED) is 0.705. The van der Waals surface area contributed by atoms with E-state index in [9.17, 15) is 4.79 Å². The van der Waals surface area contributed by atoms with Crippen LogP contribution in [0.5, 0.6) is 0 Å². The van der Waals surface area contributed by atoms with Crippen molar-refractivity contribution >= 4 is 11.7 Å². The third-order valence-electron chi connectivity index (χ3n) is 1.60. The molecule has 0 fully saturated rings. The lowest BCUT2D eigenvalue weighted by molar-refractivity contribution is -0.121. The van der Waals surface area contributed by atoms with Crippen molar-refractivity contribution < 1.29 is 4.79 Å². The van der Waals surface area contributed by atoms with E-state index in [0.717, 1.165) is 0 Å². The molecule has 2 N–H and O–H groups in total. The molecule has 0 unspecified atom stereocenters. The lowest BCUT2D eigenvalue weighted by Gasteiger charge is -2.13.